The maximum absolute atomic E-state index is 13.6. The number of benzene rings is 1. The Labute approximate surface area is 100 Å². The second-order valence-corrected chi connectivity index (χ2v) is 3.82. The van der Waals surface area contributed by atoms with Crippen LogP contribution in [-0.4, -0.2) is 15.0 Å². The molecule has 0 aliphatic carbocycles. The number of halogens is 2. The molecule has 0 bridgehead atoms. The SMILES string of the molecule is Nc1ccc2[nH]c(-c3ccc(F)cc3F)nc2n1. The van der Waals surface area contributed by atoms with Crippen LogP contribution >= 0.6 is 0 Å². The van der Waals surface area contributed by atoms with Crippen molar-refractivity contribution in [1.82, 2.24) is 15.0 Å². The van der Waals surface area contributed by atoms with Gasteiger partial charge in [0.1, 0.15) is 23.3 Å². The number of pyridine rings is 1. The molecule has 3 N–H and O–H groups in total. The number of aromatic amines is 1. The smallest absolute Gasteiger partial charge is 0.180 e. The molecule has 2 aromatic heterocycles. The van der Waals surface area contributed by atoms with Gasteiger partial charge in [0.05, 0.1) is 11.1 Å². The Morgan fingerprint density at radius 3 is 2.67 bits per heavy atom. The number of nitrogens with zero attached hydrogens (tertiary/aromatic N) is 2. The van der Waals surface area contributed by atoms with Crippen LogP contribution in [0.5, 0.6) is 0 Å². The quantitative estimate of drug-likeness (QED) is 0.693. The molecule has 0 fully saturated rings. The summed E-state index contributed by atoms with van der Waals surface area (Å²) in [6.45, 7) is 0. The average molecular weight is 246 g/mol. The number of anilines is 1. The van der Waals surface area contributed by atoms with E-state index in [0.717, 1.165) is 6.07 Å². The van der Waals surface area contributed by atoms with Gasteiger partial charge in [-0.2, -0.15) is 0 Å². The molecule has 0 aliphatic rings. The van der Waals surface area contributed by atoms with Crippen molar-refractivity contribution >= 4 is 17.0 Å². The number of H-pyrrole nitrogens is 1. The Hall–Kier alpha value is -2.50. The number of nitrogen functional groups attached to an aromatic ring is 1. The number of imidazole rings is 1. The predicted molar refractivity (Wildman–Crippen MR) is 63.7 cm³/mol. The Morgan fingerprint density at radius 2 is 1.89 bits per heavy atom. The maximum atomic E-state index is 13.6. The van der Waals surface area contributed by atoms with E-state index in [9.17, 15) is 8.78 Å². The molecule has 4 nitrogen and oxygen atoms in total. The highest BCUT2D eigenvalue weighted by Crippen LogP contribution is 2.23. The molecule has 0 unspecified atom stereocenters. The van der Waals surface area contributed by atoms with Crippen LogP contribution in [0.4, 0.5) is 14.6 Å². The Morgan fingerprint density at radius 1 is 1.06 bits per heavy atom. The van der Waals surface area contributed by atoms with Crippen molar-refractivity contribution in [2.75, 3.05) is 5.73 Å². The summed E-state index contributed by atoms with van der Waals surface area (Å²) in [6, 6.07) is 6.63. The molecule has 18 heavy (non-hydrogen) atoms. The minimum absolute atomic E-state index is 0.188. The second kappa shape index (κ2) is 3.76. The standard InChI is InChI=1S/C12H8F2N4/c13-6-1-2-7(8(14)5-6)11-16-9-3-4-10(15)17-12(9)18-11/h1-5H,(H3,15,16,17,18). The third-order valence-electron chi connectivity index (χ3n) is 2.55. The van der Waals surface area contributed by atoms with E-state index >= 15 is 0 Å². The molecule has 90 valence electrons. The second-order valence-electron chi connectivity index (χ2n) is 3.82. The molecular weight excluding hydrogens is 238 g/mol. The van der Waals surface area contributed by atoms with Crippen LogP contribution in [0.25, 0.3) is 22.6 Å². The number of hydrogen-bond acceptors (Lipinski definition) is 3. The van der Waals surface area contributed by atoms with Gasteiger partial charge in [-0.1, -0.05) is 0 Å². The van der Waals surface area contributed by atoms with Gasteiger partial charge in [0.15, 0.2) is 5.65 Å². The number of hydrogen-bond donors (Lipinski definition) is 2. The lowest BCUT2D eigenvalue weighted by atomic mass is 10.2. The van der Waals surface area contributed by atoms with Crippen molar-refractivity contribution < 1.29 is 8.78 Å². The van der Waals surface area contributed by atoms with E-state index in [1.165, 1.54) is 12.1 Å². The van der Waals surface area contributed by atoms with Crippen LogP contribution in [0.1, 0.15) is 0 Å². The van der Waals surface area contributed by atoms with Crippen molar-refractivity contribution in [3.63, 3.8) is 0 Å². The maximum Gasteiger partial charge on any atom is 0.180 e. The molecule has 0 spiro atoms. The van der Waals surface area contributed by atoms with Crippen LogP contribution in [0.2, 0.25) is 0 Å². The fourth-order valence-corrected chi connectivity index (χ4v) is 1.72. The van der Waals surface area contributed by atoms with Gasteiger partial charge < -0.3 is 10.7 Å². The Balaban J connectivity index is 2.19. The number of nitrogens with two attached hydrogens (primary N) is 1. The van der Waals surface area contributed by atoms with Gasteiger partial charge in [0, 0.05) is 6.07 Å². The summed E-state index contributed by atoms with van der Waals surface area (Å²) in [7, 11) is 0. The topological polar surface area (TPSA) is 67.6 Å². The molecule has 0 atom stereocenters. The molecule has 6 heteroatoms. The number of aromatic nitrogens is 3. The van der Waals surface area contributed by atoms with E-state index in [1.807, 2.05) is 0 Å². The van der Waals surface area contributed by atoms with Gasteiger partial charge in [-0.05, 0) is 24.3 Å². The zero-order chi connectivity index (χ0) is 12.7. The summed E-state index contributed by atoms with van der Waals surface area (Å²) in [5.74, 6) is -0.683. The third kappa shape index (κ3) is 1.67. The lowest BCUT2D eigenvalue weighted by Crippen LogP contribution is -1.89. The fraction of sp³-hybridized carbons (Fsp3) is 0. The molecule has 3 rings (SSSR count). The van der Waals surface area contributed by atoms with Gasteiger partial charge in [0.25, 0.3) is 0 Å². The Kier molecular flexibility index (Phi) is 2.22. The van der Waals surface area contributed by atoms with Crippen molar-refractivity contribution in [3.8, 4) is 11.4 Å². The zero-order valence-corrected chi connectivity index (χ0v) is 9.11. The van der Waals surface area contributed by atoms with E-state index < -0.39 is 11.6 Å². The minimum Gasteiger partial charge on any atom is -0.384 e. The van der Waals surface area contributed by atoms with Crippen LogP contribution < -0.4 is 5.73 Å². The van der Waals surface area contributed by atoms with Crippen molar-refractivity contribution in [3.05, 3.63) is 42.0 Å². The number of fused-ring (bicyclic) bond motifs is 1. The minimum atomic E-state index is -0.679. The summed E-state index contributed by atoms with van der Waals surface area (Å²) >= 11 is 0. The average Bonchev–Trinajstić information content (AvgIpc) is 2.71. The molecule has 3 aromatic rings. The summed E-state index contributed by atoms with van der Waals surface area (Å²) in [5, 5.41) is 0. The summed E-state index contributed by atoms with van der Waals surface area (Å²) in [5.41, 5.74) is 6.76. The number of nitrogens with one attached hydrogen (secondary N) is 1. The molecule has 0 saturated carbocycles. The first-order valence-electron chi connectivity index (χ1n) is 5.21. The first kappa shape index (κ1) is 10.6. The van der Waals surface area contributed by atoms with E-state index in [0.29, 0.717) is 22.8 Å². The fourth-order valence-electron chi connectivity index (χ4n) is 1.72. The van der Waals surface area contributed by atoms with Gasteiger partial charge in [-0.15, -0.1) is 0 Å². The van der Waals surface area contributed by atoms with E-state index in [-0.39, 0.29) is 5.56 Å². The highest BCUT2D eigenvalue weighted by atomic mass is 19.1. The van der Waals surface area contributed by atoms with E-state index in [1.54, 1.807) is 12.1 Å². The molecule has 1 aromatic carbocycles. The van der Waals surface area contributed by atoms with Gasteiger partial charge in [-0.25, -0.2) is 18.7 Å². The lowest BCUT2D eigenvalue weighted by Gasteiger charge is -1.98. The van der Waals surface area contributed by atoms with Gasteiger partial charge in [0.2, 0.25) is 0 Å². The first-order valence-corrected chi connectivity index (χ1v) is 5.21. The largest absolute Gasteiger partial charge is 0.384 e. The lowest BCUT2D eigenvalue weighted by molar-refractivity contribution is 0.585. The summed E-state index contributed by atoms with van der Waals surface area (Å²) in [4.78, 5) is 11.0. The molecule has 0 aliphatic heterocycles. The normalized spacial score (nSPS) is 11.0. The van der Waals surface area contributed by atoms with Crippen LogP contribution in [0.15, 0.2) is 30.3 Å². The first-order chi connectivity index (χ1) is 8.63. The van der Waals surface area contributed by atoms with Crippen molar-refractivity contribution in [2.24, 2.45) is 0 Å². The van der Waals surface area contributed by atoms with E-state index in [4.69, 9.17) is 5.73 Å². The molecule has 0 radical (unpaired) electrons. The van der Waals surface area contributed by atoms with Gasteiger partial charge >= 0.3 is 0 Å². The molecule has 0 amide bonds. The molecule has 0 saturated heterocycles. The van der Waals surface area contributed by atoms with Crippen LogP contribution in [-0.2, 0) is 0 Å². The third-order valence-corrected chi connectivity index (χ3v) is 2.55. The molecular formula is C12H8F2N4. The predicted octanol–water partition coefficient (Wildman–Crippen LogP) is 2.49. The number of rotatable bonds is 1. The van der Waals surface area contributed by atoms with Crippen LogP contribution in [0, 0.1) is 11.6 Å². The van der Waals surface area contributed by atoms with Crippen molar-refractivity contribution in [2.45, 2.75) is 0 Å². The van der Waals surface area contributed by atoms with Crippen molar-refractivity contribution in [1.29, 1.82) is 0 Å². The van der Waals surface area contributed by atoms with E-state index in [2.05, 4.69) is 15.0 Å². The van der Waals surface area contributed by atoms with Gasteiger partial charge in [-0.3, -0.25) is 0 Å². The highest BCUT2D eigenvalue weighted by molar-refractivity contribution is 5.77. The zero-order valence-electron chi connectivity index (χ0n) is 9.11. The monoisotopic (exact) mass is 246 g/mol. The van der Waals surface area contributed by atoms with Crippen LogP contribution in [0.3, 0.4) is 0 Å². The summed E-state index contributed by atoms with van der Waals surface area (Å²) in [6.07, 6.45) is 0. The summed E-state index contributed by atoms with van der Waals surface area (Å²) < 4.78 is 26.4. The molecule has 2 heterocycles. The Bertz CT molecular complexity index is 736. The highest BCUT2D eigenvalue weighted by Gasteiger charge is 2.11.